The molecule has 0 aromatic heterocycles. The van der Waals surface area contributed by atoms with Gasteiger partial charge in [0.1, 0.15) is 6.61 Å². The quantitative estimate of drug-likeness (QED) is 0.575. The van der Waals surface area contributed by atoms with E-state index in [-0.39, 0.29) is 12.7 Å². The van der Waals surface area contributed by atoms with Crippen molar-refractivity contribution in [3.63, 3.8) is 0 Å². The van der Waals surface area contributed by atoms with Gasteiger partial charge in [0.05, 0.1) is 0 Å². The van der Waals surface area contributed by atoms with Crippen LogP contribution in [0, 0.1) is 0 Å². The van der Waals surface area contributed by atoms with Crippen molar-refractivity contribution in [2.75, 3.05) is 19.7 Å². The maximum atomic E-state index is 10.7. The summed E-state index contributed by atoms with van der Waals surface area (Å²) in [4.78, 5) is 10.7. The molecule has 66 valence electrons. The monoisotopic (exact) mass is 160 g/mol. The lowest BCUT2D eigenvalue weighted by Gasteiger charge is -2.03. The standard InChI is InChI=1S/C7H16N2O2/c1-2-3-5-9-7(10)11-6-4-8/h2-6,8H2,1H3,(H,9,10). The molecule has 0 saturated carbocycles. The normalized spacial score (nSPS) is 9.27. The van der Waals surface area contributed by atoms with Crippen LogP contribution in [-0.4, -0.2) is 25.8 Å². The Labute approximate surface area is 67.1 Å². The molecule has 0 saturated heterocycles. The van der Waals surface area contributed by atoms with E-state index in [1.54, 1.807) is 0 Å². The summed E-state index contributed by atoms with van der Waals surface area (Å²) in [6.45, 7) is 3.41. The fourth-order valence-corrected chi connectivity index (χ4v) is 0.570. The van der Waals surface area contributed by atoms with Crippen molar-refractivity contribution >= 4 is 6.09 Å². The van der Waals surface area contributed by atoms with Crippen LogP contribution in [0.25, 0.3) is 0 Å². The largest absolute Gasteiger partial charge is 0.448 e. The predicted molar refractivity (Wildman–Crippen MR) is 43.3 cm³/mol. The highest BCUT2D eigenvalue weighted by Crippen LogP contribution is 1.83. The molecule has 0 aliphatic heterocycles. The van der Waals surface area contributed by atoms with Gasteiger partial charge in [-0.25, -0.2) is 4.79 Å². The van der Waals surface area contributed by atoms with E-state index in [9.17, 15) is 4.79 Å². The minimum Gasteiger partial charge on any atom is -0.448 e. The van der Waals surface area contributed by atoms with Gasteiger partial charge in [-0.1, -0.05) is 13.3 Å². The Bertz CT molecular complexity index is 107. The van der Waals surface area contributed by atoms with Crippen molar-refractivity contribution in [1.29, 1.82) is 0 Å². The summed E-state index contributed by atoms with van der Waals surface area (Å²) in [7, 11) is 0. The second-order valence-corrected chi connectivity index (χ2v) is 2.20. The molecule has 0 aromatic rings. The average molecular weight is 160 g/mol. The lowest BCUT2D eigenvalue weighted by Crippen LogP contribution is -2.27. The molecule has 3 N–H and O–H groups in total. The highest BCUT2D eigenvalue weighted by molar-refractivity contribution is 5.66. The van der Waals surface area contributed by atoms with Gasteiger partial charge in [-0.15, -0.1) is 0 Å². The van der Waals surface area contributed by atoms with Gasteiger partial charge in [0.25, 0.3) is 0 Å². The summed E-state index contributed by atoms with van der Waals surface area (Å²) < 4.78 is 4.66. The van der Waals surface area contributed by atoms with Crippen molar-refractivity contribution in [3.05, 3.63) is 0 Å². The molecule has 0 aliphatic carbocycles. The number of hydrogen-bond acceptors (Lipinski definition) is 3. The Morgan fingerprint density at radius 2 is 2.36 bits per heavy atom. The molecule has 0 aromatic carbocycles. The molecule has 0 unspecified atom stereocenters. The maximum Gasteiger partial charge on any atom is 0.407 e. The number of ether oxygens (including phenoxy) is 1. The van der Waals surface area contributed by atoms with Crippen LogP contribution in [0.2, 0.25) is 0 Å². The van der Waals surface area contributed by atoms with Crippen LogP contribution < -0.4 is 11.1 Å². The second kappa shape index (κ2) is 7.34. The Kier molecular flexibility index (Phi) is 6.82. The SMILES string of the molecule is CCCCNC(=O)OCCN. The summed E-state index contributed by atoms with van der Waals surface area (Å²) in [6.07, 6.45) is 1.68. The third-order valence-corrected chi connectivity index (χ3v) is 1.15. The molecule has 4 nitrogen and oxygen atoms in total. The van der Waals surface area contributed by atoms with Crippen molar-refractivity contribution in [2.45, 2.75) is 19.8 Å². The summed E-state index contributed by atoms with van der Waals surface area (Å²) in [6, 6.07) is 0. The first kappa shape index (κ1) is 10.2. The minimum absolute atomic E-state index is 0.290. The summed E-state index contributed by atoms with van der Waals surface area (Å²) in [5.74, 6) is 0. The number of amides is 1. The molecule has 0 atom stereocenters. The van der Waals surface area contributed by atoms with E-state index in [2.05, 4.69) is 17.0 Å². The molecule has 0 spiro atoms. The first-order chi connectivity index (χ1) is 5.31. The third-order valence-electron chi connectivity index (χ3n) is 1.15. The second-order valence-electron chi connectivity index (χ2n) is 2.20. The molecule has 0 aliphatic rings. The third kappa shape index (κ3) is 7.12. The number of nitrogens with one attached hydrogen (secondary N) is 1. The van der Waals surface area contributed by atoms with E-state index in [1.165, 1.54) is 0 Å². The fraction of sp³-hybridized carbons (Fsp3) is 0.857. The zero-order chi connectivity index (χ0) is 8.53. The smallest absolute Gasteiger partial charge is 0.407 e. The molecule has 1 amide bonds. The lowest BCUT2D eigenvalue weighted by molar-refractivity contribution is 0.149. The highest BCUT2D eigenvalue weighted by Gasteiger charge is 1.97. The number of hydrogen-bond donors (Lipinski definition) is 2. The molecule has 0 heterocycles. The van der Waals surface area contributed by atoms with Crippen LogP contribution in [0.15, 0.2) is 0 Å². The molecule has 0 rings (SSSR count). The zero-order valence-corrected chi connectivity index (χ0v) is 6.93. The molecule has 4 heteroatoms. The van der Waals surface area contributed by atoms with Crippen LogP contribution in [-0.2, 0) is 4.74 Å². The average Bonchev–Trinajstić information content (AvgIpc) is 2.01. The van der Waals surface area contributed by atoms with E-state index >= 15 is 0 Å². The number of nitrogens with two attached hydrogens (primary N) is 1. The zero-order valence-electron chi connectivity index (χ0n) is 6.93. The van der Waals surface area contributed by atoms with Crippen molar-refractivity contribution in [3.8, 4) is 0 Å². The number of carbonyl (C=O) groups is 1. The Morgan fingerprint density at radius 1 is 1.64 bits per heavy atom. The van der Waals surface area contributed by atoms with Gasteiger partial charge >= 0.3 is 6.09 Å². The predicted octanol–water partition coefficient (Wildman–Crippen LogP) is 0.471. The Morgan fingerprint density at radius 3 is 2.91 bits per heavy atom. The molecular formula is C7H16N2O2. The van der Waals surface area contributed by atoms with Crippen LogP contribution in [0.1, 0.15) is 19.8 Å². The first-order valence-corrected chi connectivity index (χ1v) is 3.92. The van der Waals surface area contributed by atoms with Gasteiger partial charge in [0.2, 0.25) is 0 Å². The number of unbranched alkanes of at least 4 members (excludes halogenated alkanes) is 1. The number of alkyl carbamates (subject to hydrolysis) is 1. The topological polar surface area (TPSA) is 64.3 Å². The fourth-order valence-electron chi connectivity index (χ4n) is 0.570. The van der Waals surface area contributed by atoms with Gasteiger partial charge in [0.15, 0.2) is 0 Å². The van der Waals surface area contributed by atoms with Crippen LogP contribution >= 0.6 is 0 Å². The van der Waals surface area contributed by atoms with Crippen molar-refractivity contribution in [1.82, 2.24) is 5.32 Å². The Hall–Kier alpha value is -0.770. The maximum absolute atomic E-state index is 10.7. The molecular weight excluding hydrogens is 144 g/mol. The van der Waals surface area contributed by atoms with E-state index in [4.69, 9.17) is 5.73 Å². The van der Waals surface area contributed by atoms with Crippen LogP contribution in [0.4, 0.5) is 4.79 Å². The number of rotatable bonds is 5. The minimum atomic E-state index is -0.371. The van der Waals surface area contributed by atoms with Crippen LogP contribution in [0.3, 0.4) is 0 Å². The van der Waals surface area contributed by atoms with Gasteiger partial charge in [-0.05, 0) is 6.42 Å². The first-order valence-electron chi connectivity index (χ1n) is 3.92. The van der Waals surface area contributed by atoms with E-state index in [1.807, 2.05) is 0 Å². The highest BCUT2D eigenvalue weighted by atomic mass is 16.5. The lowest BCUT2D eigenvalue weighted by atomic mass is 10.3. The molecule has 0 fully saturated rings. The van der Waals surface area contributed by atoms with Crippen molar-refractivity contribution < 1.29 is 9.53 Å². The van der Waals surface area contributed by atoms with E-state index < -0.39 is 0 Å². The summed E-state index contributed by atoms with van der Waals surface area (Å²) in [5.41, 5.74) is 5.13. The van der Waals surface area contributed by atoms with Crippen LogP contribution in [0.5, 0.6) is 0 Å². The van der Waals surface area contributed by atoms with Gasteiger partial charge in [-0.3, -0.25) is 0 Å². The van der Waals surface area contributed by atoms with Gasteiger partial charge in [-0.2, -0.15) is 0 Å². The summed E-state index contributed by atoms with van der Waals surface area (Å²) >= 11 is 0. The van der Waals surface area contributed by atoms with E-state index in [0.717, 1.165) is 12.8 Å². The molecule has 11 heavy (non-hydrogen) atoms. The van der Waals surface area contributed by atoms with Gasteiger partial charge < -0.3 is 15.8 Å². The number of carbonyl (C=O) groups excluding carboxylic acids is 1. The molecule has 0 radical (unpaired) electrons. The van der Waals surface area contributed by atoms with Gasteiger partial charge in [0, 0.05) is 13.1 Å². The Balaban J connectivity index is 3.09. The summed E-state index contributed by atoms with van der Waals surface area (Å²) in [5, 5.41) is 2.60. The van der Waals surface area contributed by atoms with Crippen molar-refractivity contribution in [2.24, 2.45) is 5.73 Å². The van der Waals surface area contributed by atoms with E-state index in [0.29, 0.717) is 13.1 Å². The molecule has 0 bridgehead atoms.